The van der Waals surface area contributed by atoms with Crippen molar-refractivity contribution in [2.45, 2.75) is 13.8 Å². The van der Waals surface area contributed by atoms with E-state index in [2.05, 4.69) is 25.8 Å². The van der Waals surface area contributed by atoms with Crippen LogP contribution in [0.15, 0.2) is 97.1 Å². The van der Waals surface area contributed by atoms with Gasteiger partial charge in [-0.1, -0.05) is 36.4 Å². The second kappa shape index (κ2) is 18.3. The molecule has 0 aliphatic carbocycles. The number of nitrogens with two attached hydrogens (primary N) is 1. The molecule has 0 saturated carbocycles. The van der Waals surface area contributed by atoms with Crippen molar-refractivity contribution in [2.24, 2.45) is 5.73 Å². The van der Waals surface area contributed by atoms with E-state index in [0.717, 1.165) is 5.39 Å². The number of nitrogens with zero attached hydrogens (tertiary/aromatic N) is 2. The van der Waals surface area contributed by atoms with Gasteiger partial charge in [0.25, 0.3) is 5.91 Å². The molecule has 0 saturated heterocycles. The number of carboxylic acids is 2. The summed E-state index contributed by atoms with van der Waals surface area (Å²) >= 11 is 0. The smallest absolute Gasteiger partial charge is 0.360 e. The summed E-state index contributed by atoms with van der Waals surface area (Å²) in [5, 5.41) is 41.6. The maximum absolute atomic E-state index is 12.1. The summed E-state index contributed by atoms with van der Waals surface area (Å²) in [6.07, 6.45) is 0. The van der Waals surface area contributed by atoms with Crippen molar-refractivity contribution in [3.63, 3.8) is 0 Å². The topological polar surface area (TPSA) is 241 Å². The van der Waals surface area contributed by atoms with Crippen molar-refractivity contribution >= 4 is 45.4 Å². The zero-order chi connectivity index (χ0) is 39.4. The van der Waals surface area contributed by atoms with Gasteiger partial charge in [0, 0.05) is 32.9 Å². The van der Waals surface area contributed by atoms with Gasteiger partial charge >= 0.3 is 17.9 Å². The summed E-state index contributed by atoms with van der Waals surface area (Å²) in [5.41, 5.74) is 5.40. The first-order valence-electron chi connectivity index (χ1n) is 16.1. The Hall–Kier alpha value is -7.26. The Morgan fingerprint density at radius 1 is 0.630 bits per heavy atom. The van der Waals surface area contributed by atoms with Gasteiger partial charge in [0.1, 0.15) is 29.5 Å². The van der Waals surface area contributed by atoms with Crippen LogP contribution >= 0.6 is 0 Å². The molecule has 0 fully saturated rings. The van der Waals surface area contributed by atoms with Crippen LogP contribution in [0.3, 0.4) is 0 Å². The molecule has 278 valence electrons. The Balaban J connectivity index is 0.000000215. The Kier molecular flexibility index (Phi) is 13.4. The molecule has 2 aromatic heterocycles. The third kappa shape index (κ3) is 10.2. The molecule has 15 nitrogen and oxygen atoms in total. The van der Waals surface area contributed by atoms with E-state index in [1.54, 1.807) is 62.4 Å². The van der Waals surface area contributed by atoms with Crippen molar-refractivity contribution in [3.05, 3.63) is 120 Å². The molecule has 15 heteroatoms. The number of hydrogen-bond acceptors (Lipinski definition) is 12. The van der Waals surface area contributed by atoms with E-state index in [1.165, 1.54) is 7.11 Å². The van der Waals surface area contributed by atoms with Gasteiger partial charge in [-0.05, 0) is 74.5 Å². The molecular weight excluding hydrogens is 700 g/mol. The second-order valence-corrected chi connectivity index (χ2v) is 11.2. The predicted octanol–water partition coefficient (Wildman–Crippen LogP) is 5.71. The number of methoxy groups -OCH3 is 1. The molecule has 6 aromatic rings. The number of para-hydroxylation sites is 2. The number of esters is 1. The number of carbonyl (C=O) groups is 4. The van der Waals surface area contributed by atoms with Crippen LogP contribution in [0, 0.1) is 13.8 Å². The van der Waals surface area contributed by atoms with Crippen molar-refractivity contribution < 1.29 is 53.8 Å². The van der Waals surface area contributed by atoms with Gasteiger partial charge in [0.15, 0.2) is 22.9 Å². The number of benzene rings is 4. The van der Waals surface area contributed by atoms with Crippen molar-refractivity contribution in [3.8, 4) is 34.5 Å². The van der Waals surface area contributed by atoms with Crippen LogP contribution in [-0.2, 0) is 14.3 Å². The average Bonchev–Trinajstić information content (AvgIpc) is 3.17. The van der Waals surface area contributed by atoms with Crippen molar-refractivity contribution in [1.29, 1.82) is 0 Å². The third-order valence-corrected chi connectivity index (χ3v) is 7.41. The van der Waals surface area contributed by atoms with Gasteiger partial charge in [-0.25, -0.2) is 14.8 Å². The Morgan fingerprint density at radius 2 is 1.06 bits per heavy atom. The molecule has 0 unspecified atom stereocenters. The highest BCUT2D eigenvalue weighted by molar-refractivity contribution is 6.03. The van der Waals surface area contributed by atoms with E-state index < -0.39 is 30.4 Å². The summed E-state index contributed by atoms with van der Waals surface area (Å²) in [5.74, 6) is -1.77. The van der Waals surface area contributed by atoms with Crippen LogP contribution in [-0.4, -0.2) is 74.4 Å². The quantitative estimate of drug-likeness (QED) is 0.0975. The summed E-state index contributed by atoms with van der Waals surface area (Å²) in [6, 6.07) is 28.8. The van der Waals surface area contributed by atoms with Crippen LogP contribution in [0.5, 0.6) is 34.5 Å². The summed E-state index contributed by atoms with van der Waals surface area (Å²) in [4.78, 5) is 51.9. The second-order valence-electron chi connectivity index (χ2n) is 11.2. The molecule has 7 N–H and O–H groups in total. The van der Waals surface area contributed by atoms with E-state index in [9.17, 15) is 29.4 Å². The van der Waals surface area contributed by atoms with E-state index >= 15 is 0 Å². The number of carbonyl (C=O) groups excluding carboxylic acids is 2. The Labute approximate surface area is 308 Å². The van der Waals surface area contributed by atoms with E-state index in [4.69, 9.17) is 19.7 Å². The number of rotatable bonds is 9. The highest BCUT2D eigenvalue weighted by Gasteiger charge is 2.20. The molecule has 0 radical (unpaired) electrons. The summed E-state index contributed by atoms with van der Waals surface area (Å²) < 4.78 is 16.2. The number of carboxylic acid groups (broad SMARTS) is 2. The minimum Gasteiger partial charge on any atom is -0.505 e. The SMILES string of the molecule is COC(=O)c1nc(C)c2ccc(Oc3ccccc3)cc2c1O.Cc1nc(C(=O)NCC(=O)O)c(O)c2cc(Oc3ccccc3)ccc12.NCC(=O)O. The van der Waals surface area contributed by atoms with Gasteiger partial charge in [-0.15, -0.1) is 0 Å². The molecule has 0 atom stereocenters. The molecule has 0 bridgehead atoms. The minimum atomic E-state index is -1.19. The monoisotopic (exact) mass is 736 g/mol. The first kappa shape index (κ1) is 39.5. The van der Waals surface area contributed by atoms with Crippen molar-refractivity contribution in [1.82, 2.24) is 15.3 Å². The van der Waals surface area contributed by atoms with Gasteiger partial charge in [-0.3, -0.25) is 14.4 Å². The maximum Gasteiger partial charge on any atom is 0.360 e. The van der Waals surface area contributed by atoms with Crippen LogP contribution in [0.25, 0.3) is 21.5 Å². The zero-order valence-electron chi connectivity index (χ0n) is 29.3. The highest BCUT2D eigenvalue weighted by atomic mass is 16.5. The largest absolute Gasteiger partial charge is 0.505 e. The fraction of sp³-hybridized carbons (Fsp3) is 0.128. The highest BCUT2D eigenvalue weighted by Crippen LogP contribution is 2.35. The third-order valence-electron chi connectivity index (χ3n) is 7.41. The Bertz CT molecular complexity index is 2300. The first-order valence-corrected chi connectivity index (χ1v) is 16.1. The number of aliphatic carboxylic acids is 2. The van der Waals surface area contributed by atoms with Crippen LogP contribution in [0.4, 0.5) is 0 Å². The lowest BCUT2D eigenvalue weighted by Crippen LogP contribution is -2.30. The molecule has 0 spiro atoms. The predicted molar refractivity (Wildman–Crippen MR) is 197 cm³/mol. The number of aromatic hydroxyl groups is 2. The zero-order valence-corrected chi connectivity index (χ0v) is 29.3. The van der Waals surface area contributed by atoms with Crippen LogP contribution in [0.2, 0.25) is 0 Å². The fourth-order valence-electron chi connectivity index (χ4n) is 4.90. The summed E-state index contributed by atoms with van der Waals surface area (Å²) in [7, 11) is 1.25. The van der Waals surface area contributed by atoms with Crippen LogP contribution in [0.1, 0.15) is 32.4 Å². The van der Waals surface area contributed by atoms with Crippen molar-refractivity contribution in [2.75, 3.05) is 20.2 Å². The molecule has 2 heterocycles. The van der Waals surface area contributed by atoms with Gasteiger partial charge in [-0.2, -0.15) is 0 Å². The van der Waals surface area contributed by atoms with E-state index in [0.29, 0.717) is 50.5 Å². The fourth-order valence-corrected chi connectivity index (χ4v) is 4.90. The van der Waals surface area contributed by atoms with Gasteiger partial charge in [0.2, 0.25) is 0 Å². The average molecular weight is 737 g/mol. The van der Waals surface area contributed by atoms with Gasteiger partial charge < -0.3 is 45.7 Å². The number of ether oxygens (including phenoxy) is 3. The lowest BCUT2D eigenvalue weighted by Gasteiger charge is -2.12. The molecule has 6 rings (SSSR count). The Morgan fingerprint density at radius 3 is 1.46 bits per heavy atom. The van der Waals surface area contributed by atoms with Crippen LogP contribution < -0.4 is 20.5 Å². The number of hydrogen-bond donors (Lipinski definition) is 6. The number of nitrogens with one attached hydrogen (secondary N) is 1. The number of amides is 1. The number of pyridine rings is 2. The van der Waals surface area contributed by atoms with E-state index in [-0.39, 0.29) is 29.4 Å². The molecular formula is C39H36N4O11. The lowest BCUT2D eigenvalue weighted by molar-refractivity contribution is -0.136. The maximum atomic E-state index is 12.1. The number of fused-ring (bicyclic) bond motifs is 2. The normalized spacial score (nSPS) is 10.2. The number of aryl methyl sites for hydroxylation is 2. The summed E-state index contributed by atoms with van der Waals surface area (Å²) in [6.45, 7) is 2.63. The number of aromatic nitrogens is 2. The minimum absolute atomic E-state index is 0.102. The molecule has 4 aromatic carbocycles. The molecule has 0 aliphatic heterocycles. The first-order chi connectivity index (χ1) is 25.8. The van der Waals surface area contributed by atoms with Gasteiger partial charge in [0.05, 0.1) is 13.7 Å². The van der Waals surface area contributed by atoms with E-state index in [1.807, 2.05) is 48.5 Å². The molecule has 54 heavy (non-hydrogen) atoms. The molecule has 0 aliphatic rings. The standard InChI is InChI=1S/C19H16N2O5.C18H15NO4.C2H5NO2/c1-11-14-8-7-13(26-12-5-3-2-4-6-12)9-15(14)18(24)17(21-11)19(25)20-10-16(22)23;1-11-14-9-8-13(23-12-6-4-3-5-7-12)10-15(14)17(20)16(19-11)18(21)22-2;3-1-2(4)5/h2-9,24H,10H2,1H3,(H,20,25)(H,22,23);3-10,20H,1-2H3;1,3H2,(H,4,5). The lowest BCUT2D eigenvalue weighted by atomic mass is 10.1. The molecule has 1 amide bonds.